The average molecular weight is 368 g/mol. The summed E-state index contributed by atoms with van der Waals surface area (Å²) in [7, 11) is 1.61. The van der Waals surface area contributed by atoms with Crippen molar-refractivity contribution >= 4 is 17.5 Å². The Hall–Kier alpha value is -3.02. The molecule has 0 heterocycles. The van der Waals surface area contributed by atoms with Crippen LogP contribution in [-0.2, 0) is 16.1 Å². The number of para-hydroxylation sites is 2. The van der Waals surface area contributed by atoms with Crippen molar-refractivity contribution in [2.75, 3.05) is 19.0 Å². The highest BCUT2D eigenvalue weighted by atomic mass is 16.5. The normalized spacial score (nSPS) is 17.7. The van der Waals surface area contributed by atoms with E-state index in [1.807, 2.05) is 49.4 Å². The van der Waals surface area contributed by atoms with E-state index < -0.39 is 0 Å². The molecule has 0 saturated heterocycles. The second-order valence-electron chi connectivity index (χ2n) is 6.43. The van der Waals surface area contributed by atoms with Crippen LogP contribution in [0.15, 0.2) is 48.5 Å². The molecule has 142 valence electrons. The number of hydrogen-bond donors (Lipinski definition) is 2. The Bertz CT molecular complexity index is 804. The molecule has 1 fully saturated rings. The zero-order chi connectivity index (χ0) is 19.2. The van der Waals surface area contributed by atoms with Gasteiger partial charge in [0, 0.05) is 6.54 Å². The van der Waals surface area contributed by atoms with Gasteiger partial charge in [0.15, 0.2) is 0 Å². The van der Waals surface area contributed by atoms with Crippen LogP contribution < -0.4 is 20.1 Å². The molecule has 0 spiro atoms. The number of carbonyl (C=O) groups is 2. The van der Waals surface area contributed by atoms with Crippen LogP contribution in [0.3, 0.4) is 0 Å². The summed E-state index contributed by atoms with van der Waals surface area (Å²) < 4.78 is 10.6. The summed E-state index contributed by atoms with van der Waals surface area (Å²) in [4.78, 5) is 24.7. The van der Waals surface area contributed by atoms with Crippen molar-refractivity contribution in [2.24, 2.45) is 11.8 Å². The predicted molar refractivity (Wildman–Crippen MR) is 103 cm³/mol. The Labute approximate surface area is 158 Å². The standard InChI is InChI=1S/C21H24N2O4/c1-3-27-19-7-5-4-6-18(19)23-21(25)17-12-16(17)20(24)22-13-14-8-10-15(26-2)11-9-14/h4-11,16-17H,3,12-13H2,1-2H3,(H,22,24)(H,23,25). The van der Waals surface area contributed by atoms with Crippen molar-refractivity contribution in [2.45, 2.75) is 19.9 Å². The molecule has 0 aromatic heterocycles. The van der Waals surface area contributed by atoms with Crippen LogP contribution in [0.5, 0.6) is 11.5 Å². The molecule has 27 heavy (non-hydrogen) atoms. The lowest BCUT2D eigenvalue weighted by Crippen LogP contribution is -2.27. The number of nitrogens with one attached hydrogen (secondary N) is 2. The van der Waals surface area contributed by atoms with E-state index in [1.165, 1.54) is 0 Å². The van der Waals surface area contributed by atoms with Gasteiger partial charge in [-0.15, -0.1) is 0 Å². The van der Waals surface area contributed by atoms with Crippen molar-refractivity contribution in [3.05, 3.63) is 54.1 Å². The first-order valence-corrected chi connectivity index (χ1v) is 9.05. The van der Waals surface area contributed by atoms with Crippen LogP contribution in [0.25, 0.3) is 0 Å². The first-order valence-electron chi connectivity index (χ1n) is 9.05. The minimum Gasteiger partial charge on any atom is -0.497 e. The first kappa shape index (κ1) is 18.8. The minimum absolute atomic E-state index is 0.0935. The molecular formula is C21H24N2O4. The van der Waals surface area contributed by atoms with E-state index in [-0.39, 0.29) is 23.7 Å². The van der Waals surface area contributed by atoms with Crippen molar-refractivity contribution in [1.29, 1.82) is 0 Å². The Morgan fingerprint density at radius 3 is 2.44 bits per heavy atom. The predicted octanol–water partition coefficient (Wildman–Crippen LogP) is 2.98. The fourth-order valence-electron chi connectivity index (χ4n) is 2.91. The number of anilines is 1. The van der Waals surface area contributed by atoms with E-state index in [2.05, 4.69) is 10.6 Å². The largest absolute Gasteiger partial charge is 0.497 e. The van der Waals surface area contributed by atoms with Gasteiger partial charge in [-0.2, -0.15) is 0 Å². The van der Waals surface area contributed by atoms with Crippen molar-refractivity contribution in [3.8, 4) is 11.5 Å². The quantitative estimate of drug-likeness (QED) is 0.751. The van der Waals surface area contributed by atoms with Gasteiger partial charge in [-0.3, -0.25) is 9.59 Å². The Balaban J connectivity index is 1.49. The molecule has 0 aliphatic heterocycles. The summed E-state index contributed by atoms with van der Waals surface area (Å²) in [6, 6.07) is 14.8. The number of ether oxygens (including phenoxy) is 2. The summed E-state index contributed by atoms with van der Waals surface area (Å²) in [5.41, 5.74) is 1.62. The van der Waals surface area contributed by atoms with Crippen molar-refractivity contribution < 1.29 is 19.1 Å². The molecule has 2 unspecified atom stereocenters. The van der Waals surface area contributed by atoms with Crippen LogP contribution in [0.1, 0.15) is 18.9 Å². The maximum atomic E-state index is 12.4. The van der Waals surface area contributed by atoms with Gasteiger partial charge >= 0.3 is 0 Å². The van der Waals surface area contributed by atoms with E-state index in [1.54, 1.807) is 13.2 Å². The van der Waals surface area contributed by atoms with E-state index in [0.717, 1.165) is 11.3 Å². The molecule has 0 radical (unpaired) electrons. The third-order valence-corrected chi connectivity index (χ3v) is 4.53. The SMILES string of the molecule is CCOc1ccccc1NC(=O)C1CC1C(=O)NCc1ccc(OC)cc1. The van der Waals surface area contributed by atoms with Gasteiger partial charge in [0.1, 0.15) is 11.5 Å². The summed E-state index contributed by atoms with van der Waals surface area (Å²) in [5, 5.41) is 5.77. The molecule has 1 aliphatic rings. The van der Waals surface area contributed by atoms with Gasteiger partial charge in [-0.1, -0.05) is 24.3 Å². The zero-order valence-corrected chi connectivity index (χ0v) is 15.5. The molecular weight excluding hydrogens is 344 g/mol. The van der Waals surface area contributed by atoms with E-state index >= 15 is 0 Å². The molecule has 3 rings (SSSR count). The number of rotatable bonds is 8. The third kappa shape index (κ3) is 4.78. The second kappa shape index (κ2) is 8.58. The lowest BCUT2D eigenvalue weighted by atomic mass is 10.2. The molecule has 1 aliphatic carbocycles. The van der Waals surface area contributed by atoms with E-state index in [4.69, 9.17) is 9.47 Å². The maximum absolute atomic E-state index is 12.4. The number of amides is 2. The van der Waals surface area contributed by atoms with Crippen molar-refractivity contribution in [3.63, 3.8) is 0 Å². The van der Waals surface area contributed by atoms with Crippen LogP contribution in [0, 0.1) is 11.8 Å². The van der Waals surface area contributed by atoms with Crippen LogP contribution in [0.4, 0.5) is 5.69 Å². The van der Waals surface area contributed by atoms with Gasteiger partial charge in [0.25, 0.3) is 0 Å². The molecule has 6 heteroatoms. The monoisotopic (exact) mass is 368 g/mol. The third-order valence-electron chi connectivity index (χ3n) is 4.53. The molecule has 2 atom stereocenters. The molecule has 1 saturated carbocycles. The number of hydrogen-bond acceptors (Lipinski definition) is 4. The highest BCUT2D eigenvalue weighted by Crippen LogP contribution is 2.40. The van der Waals surface area contributed by atoms with Crippen LogP contribution in [-0.4, -0.2) is 25.5 Å². The Morgan fingerprint density at radius 1 is 1.04 bits per heavy atom. The highest BCUT2D eigenvalue weighted by molar-refractivity contribution is 6.00. The van der Waals surface area contributed by atoms with Crippen molar-refractivity contribution in [1.82, 2.24) is 5.32 Å². The molecule has 0 bridgehead atoms. The number of benzene rings is 2. The topological polar surface area (TPSA) is 76.7 Å². The van der Waals surface area contributed by atoms with Gasteiger partial charge in [-0.25, -0.2) is 0 Å². The van der Waals surface area contributed by atoms with Gasteiger partial charge < -0.3 is 20.1 Å². The zero-order valence-electron chi connectivity index (χ0n) is 15.5. The first-order chi connectivity index (χ1) is 13.1. The molecule has 2 amide bonds. The molecule has 2 aromatic rings. The van der Waals surface area contributed by atoms with Crippen LogP contribution >= 0.6 is 0 Å². The smallest absolute Gasteiger partial charge is 0.228 e. The summed E-state index contributed by atoms with van der Waals surface area (Å²) in [6.45, 7) is 2.84. The summed E-state index contributed by atoms with van der Waals surface area (Å²) >= 11 is 0. The average Bonchev–Trinajstić information content (AvgIpc) is 3.49. The summed E-state index contributed by atoms with van der Waals surface area (Å²) in [6.07, 6.45) is 0.567. The number of carbonyl (C=O) groups excluding carboxylic acids is 2. The fourth-order valence-corrected chi connectivity index (χ4v) is 2.91. The molecule has 6 nitrogen and oxygen atoms in total. The summed E-state index contributed by atoms with van der Waals surface area (Å²) in [5.74, 6) is 0.597. The Morgan fingerprint density at radius 2 is 1.74 bits per heavy atom. The molecule has 2 N–H and O–H groups in total. The van der Waals surface area contributed by atoms with Crippen LogP contribution in [0.2, 0.25) is 0 Å². The maximum Gasteiger partial charge on any atom is 0.228 e. The Kier molecular flexibility index (Phi) is 5.96. The second-order valence-corrected chi connectivity index (χ2v) is 6.43. The molecule has 2 aromatic carbocycles. The van der Waals surface area contributed by atoms with Gasteiger partial charge in [0.05, 0.1) is 31.2 Å². The minimum atomic E-state index is -0.296. The lowest BCUT2D eigenvalue weighted by Gasteiger charge is -2.11. The lowest BCUT2D eigenvalue weighted by molar-refractivity contribution is -0.125. The highest BCUT2D eigenvalue weighted by Gasteiger charge is 2.48. The van der Waals surface area contributed by atoms with E-state index in [0.29, 0.717) is 31.0 Å². The number of methoxy groups -OCH3 is 1. The fraction of sp³-hybridized carbons (Fsp3) is 0.333. The van der Waals surface area contributed by atoms with Gasteiger partial charge in [-0.05, 0) is 43.2 Å². The van der Waals surface area contributed by atoms with Gasteiger partial charge in [0.2, 0.25) is 11.8 Å². The van der Waals surface area contributed by atoms with E-state index in [9.17, 15) is 9.59 Å².